The molecule has 1 rings (SSSR count). The van der Waals surface area contributed by atoms with Crippen LogP contribution >= 0.6 is 0 Å². The van der Waals surface area contributed by atoms with Gasteiger partial charge in [-0.05, 0) is 44.4 Å². The van der Waals surface area contributed by atoms with Crippen molar-refractivity contribution in [1.29, 1.82) is 5.26 Å². The van der Waals surface area contributed by atoms with Gasteiger partial charge in [-0.3, -0.25) is 0 Å². The zero-order chi connectivity index (χ0) is 12.7. The molecule has 0 aromatic carbocycles. The van der Waals surface area contributed by atoms with Crippen LogP contribution in [0, 0.1) is 16.7 Å². The van der Waals surface area contributed by atoms with E-state index in [4.69, 9.17) is 0 Å². The summed E-state index contributed by atoms with van der Waals surface area (Å²) in [4.78, 5) is 0. The van der Waals surface area contributed by atoms with E-state index in [-0.39, 0.29) is 5.41 Å². The molecule has 0 unspecified atom stereocenters. The zero-order valence-electron chi connectivity index (χ0n) is 11.6. The largest absolute Gasteiger partial charge is 0.193 e. The Labute approximate surface area is 106 Å². The third kappa shape index (κ3) is 4.38. The zero-order valence-corrected chi connectivity index (χ0v) is 11.6. The molecule has 0 N–H and O–H groups in total. The molecule has 1 nitrogen and oxygen atoms in total. The smallest absolute Gasteiger partial charge is 0.0946 e. The van der Waals surface area contributed by atoms with Gasteiger partial charge in [-0.1, -0.05) is 44.4 Å². The Kier molecular flexibility index (Phi) is 5.48. The monoisotopic (exact) mass is 231 g/mol. The Morgan fingerprint density at radius 2 is 1.82 bits per heavy atom. The van der Waals surface area contributed by atoms with Crippen molar-refractivity contribution >= 4 is 0 Å². The Morgan fingerprint density at radius 3 is 2.53 bits per heavy atom. The molecule has 0 amide bonds. The molecular formula is C16H25N. The third-order valence-corrected chi connectivity index (χ3v) is 3.95. The van der Waals surface area contributed by atoms with Crippen molar-refractivity contribution in [3.8, 4) is 6.07 Å². The summed E-state index contributed by atoms with van der Waals surface area (Å²) in [6, 6.07) is 2.42. The van der Waals surface area contributed by atoms with E-state index < -0.39 is 0 Å². The van der Waals surface area contributed by atoms with Gasteiger partial charge < -0.3 is 0 Å². The van der Waals surface area contributed by atoms with E-state index >= 15 is 0 Å². The number of nitriles is 1. The van der Waals surface area contributed by atoms with Crippen LogP contribution < -0.4 is 0 Å². The molecule has 94 valence electrons. The number of rotatable bonds is 0. The lowest BCUT2D eigenvalue weighted by Gasteiger charge is -2.26. The van der Waals surface area contributed by atoms with Crippen LogP contribution in [0.2, 0.25) is 0 Å². The summed E-state index contributed by atoms with van der Waals surface area (Å²) in [5.41, 5.74) is 2.43. The van der Waals surface area contributed by atoms with E-state index in [2.05, 4.69) is 39.0 Å². The summed E-state index contributed by atoms with van der Waals surface area (Å²) >= 11 is 0. The number of allylic oxidation sites excluding steroid dienone is 4. The lowest BCUT2D eigenvalue weighted by Crippen LogP contribution is -2.14. The second-order valence-corrected chi connectivity index (χ2v) is 5.73. The normalized spacial score (nSPS) is 22.5. The highest BCUT2D eigenvalue weighted by atomic mass is 14.3. The van der Waals surface area contributed by atoms with E-state index in [0.29, 0.717) is 0 Å². The molecule has 0 heterocycles. The molecule has 1 aliphatic carbocycles. The topological polar surface area (TPSA) is 23.8 Å². The van der Waals surface area contributed by atoms with E-state index in [1.807, 2.05) is 0 Å². The summed E-state index contributed by atoms with van der Waals surface area (Å²) in [6.07, 6.45) is 12.8. The molecule has 0 radical (unpaired) electrons. The number of hydrogen-bond acceptors (Lipinski definition) is 1. The van der Waals surface area contributed by atoms with Crippen molar-refractivity contribution in [1.82, 2.24) is 0 Å². The van der Waals surface area contributed by atoms with Gasteiger partial charge in [0.05, 0.1) is 6.07 Å². The predicted molar refractivity (Wildman–Crippen MR) is 73.6 cm³/mol. The van der Waals surface area contributed by atoms with Crippen LogP contribution in [0.1, 0.15) is 65.7 Å². The number of hydrogen-bond donors (Lipinski definition) is 0. The summed E-state index contributed by atoms with van der Waals surface area (Å²) in [5, 5.41) is 9.27. The first-order valence-corrected chi connectivity index (χ1v) is 6.83. The highest BCUT2D eigenvalue weighted by molar-refractivity contribution is 5.30. The first-order valence-electron chi connectivity index (χ1n) is 6.83. The Morgan fingerprint density at radius 1 is 1.12 bits per heavy atom. The number of nitrogens with zero attached hydrogens (tertiary/aromatic N) is 1. The molecule has 0 atom stereocenters. The van der Waals surface area contributed by atoms with Gasteiger partial charge in [0.25, 0.3) is 0 Å². The average molecular weight is 231 g/mol. The minimum absolute atomic E-state index is 0.126. The van der Waals surface area contributed by atoms with Crippen molar-refractivity contribution in [3.05, 3.63) is 23.3 Å². The van der Waals surface area contributed by atoms with E-state index in [1.54, 1.807) is 0 Å². The first kappa shape index (κ1) is 14.0. The van der Waals surface area contributed by atoms with E-state index in [9.17, 15) is 5.26 Å². The summed E-state index contributed by atoms with van der Waals surface area (Å²) in [7, 11) is 0. The van der Waals surface area contributed by atoms with Gasteiger partial charge in [0, 0.05) is 5.57 Å². The Balaban J connectivity index is 2.89. The summed E-state index contributed by atoms with van der Waals surface area (Å²) < 4.78 is 0. The van der Waals surface area contributed by atoms with Crippen LogP contribution in [0.15, 0.2) is 23.3 Å². The molecular weight excluding hydrogens is 206 g/mol. The molecule has 0 saturated carbocycles. The Bertz CT molecular complexity index is 339. The fraction of sp³-hybridized carbons (Fsp3) is 0.688. The van der Waals surface area contributed by atoms with Crippen LogP contribution in [0.4, 0.5) is 0 Å². The second kappa shape index (κ2) is 6.64. The Hall–Kier alpha value is -1.03. The second-order valence-electron chi connectivity index (χ2n) is 5.73. The molecule has 1 aliphatic rings. The van der Waals surface area contributed by atoms with Gasteiger partial charge in [0.15, 0.2) is 0 Å². The standard InChI is InChI=1S/C16H25N/c1-14-15(13-17)11-9-7-5-4-6-8-10-12-16(14,2)3/h8,10H,4-7,9,11-12H2,1-3H3. The summed E-state index contributed by atoms with van der Waals surface area (Å²) in [5.74, 6) is 0. The molecule has 17 heavy (non-hydrogen) atoms. The van der Waals surface area contributed by atoms with Crippen molar-refractivity contribution < 1.29 is 0 Å². The van der Waals surface area contributed by atoms with Crippen molar-refractivity contribution in [3.63, 3.8) is 0 Å². The quantitative estimate of drug-likeness (QED) is 0.529. The maximum Gasteiger partial charge on any atom is 0.0946 e. The molecule has 0 saturated heterocycles. The van der Waals surface area contributed by atoms with Crippen LogP contribution in [-0.4, -0.2) is 0 Å². The molecule has 0 spiro atoms. The maximum atomic E-state index is 9.27. The molecule has 0 aromatic heterocycles. The van der Waals surface area contributed by atoms with Gasteiger partial charge in [0.1, 0.15) is 0 Å². The van der Waals surface area contributed by atoms with Gasteiger partial charge in [-0.15, -0.1) is 0 Å². The molecule has 0 aliphatic heterocycles. The van der Waals surface area contributed by atoms with Gasteiger partial charge in [-0.25, -0.2) is 0 Å². The minimum atomic E-state index is 0.126. The van der Waals surface area contributed by atoms with Crippen LogP contribution in [0.25, 0.3) is 0 Å². The van der Waals surface area contributed by atoms with E-state index in [0.717, 1.165) is 18.4 Å². The van der Waals surface area contributed by atoms with Crippen LogP contribution in [0.3, 0.4) is 0 Å². The maximum absolute atomic E-state index is 9.27. The fourth-order valence-electron chi connectivity index (χ4n) is 2.30. The lowest BCUT2D eigenvalue weighted by molar-refractivity contribution is 0.446. The average Bonchev–Trinajstić information content (AvgIpc) is 2.29. The van der Waals surface area contributed by atoms with Crippen LogP contribution in [0.5, 0.6) is 0 Å². The lowest BCUT2D eigenvalue weighted by atomic mass is 9.78. The van der Waals surface area contributed by atoms with Crippen molar-refractivity contribution in [2.45, 2.75) is 65.7 Å². The van der Waals surface area contributed by atoms with Gasteiger partial charge >= 0.3 is 0 Å². The molecule has 0 fully saturated rings. The minimum Gasteiger partial charge on any atom is -0.193 e. The third-order valence-electron chi connectivity index (χ3n) is 3.95. The highest BCUT2D eigenvalue weighted by Gasteiger charge is 2.21. The fourth-order valence-corrected chi connectivity index (χ4v) is 2.30. The highest BCUT2D eigenvalue weighted by Crippen LogP contribution is 2.34. The summed E-state index contributed by atoms with van der Waals surface area (Å²) in [6.45, 7) is 6.63. The molecule has 0 bridgehead atoms. The SMILES string of the molecule is CC1=C(C#N)CCCCCCC=CCC1(C)C. The van der Waals surface area contributed by atoms with Gasteiger partial charge in [0.2, 0.25) is 0 Å². The van der Waals surface area contributed by atoms with Crippen LogP contribution in [-0.2, 0) is 0 Å². The van der Waals surface area contributed by atoms with Crippen molar-refractivity contribution in [2.24, 2.45) is 5.41 Å². The van der Waals surface area contributed by atoms with Crippen molar-refractivity contribution in [2.75, 3.05) is 0 Å². The van der Waals surface area contributed by atoms with E-state index in [1.165, 1.54) is 37.7 Å². The van der Waals surface area contributed by atoms with Gasteiger partial charge in [-0.2, -0.15) is 5.26 Å². The molecule has 1 heteroatoms. The predicted octanol–water partition coefficient (Wildman–Crippen LogP) is 5.15. The molecule has 0 aromatic rings. The first-order chi connectivity index (χ1) is 8.08.